The van der Waals surface area contributed by atoms with Gasteiger partial charge in [0.15, 0.2) is 0 Å². The summed E-state index contributed by atoms with van der Waals surface area (Å²) in [6.07, 6.45) is 0.595. The normalized spacial score (nSPS) is 15.8. The lowest BCUT2D eigenvalue weighted by Gasteiger charge is -2.18. The molecule has 0 atom stereocenters. The highest BCUT2D eigenvalue weighted by Gasteiger charge is 2.28. The lowest BCUT2D eigenvalue weighted by Crippen LogP contribution is -2.25. The summed E-state index contributed by atoms with van der Waals surface area (Å²) >= 11 is 11.7. The second-order valence-corrected chi connectivity index (χ2v) is 8.33. The molecular formula is C16H15Cl2N3O3S. The van der Waals surface area contributed by atoms with Crippen LogP contribution in [0.25, 0.3) is 0 Å². The zero-order valence-corrected chi connectivity index (χ0v) is 15.3. The third kappa shape index (κ3) is 4.18. The van der Waals surface area contributed by atoms with Gasteiger partial charge in [0.2, 0.25) is 10.0 Å². The van der Waals surface area contributed by atoms with Gasteiger partial charge in [0.25, 0.3) is 0 Å². The molecule has 2 aromatic rings. The first-order valence-corrected chi connectivity index (χ1v) is 9.85. The van der Waals surface area contributed by atoms with Gasteiger partial charge in [0, 0.05) is 17.9 Å². The van der Waals surface area contributed by atoms with E-state index in [1.54, 1.807) is 36.4 Å². The quantitative estimate of drug-likeness (QED) is 0.812. The largest absolute Gasteiger partial charge is 0.323 e. The monoisotopic (exact) mass is 399 g/mol. The van der Waals surface area contributed by atoms with Crippen molar-refractivity contribution in [3.05, 3.63) is 52.5 Å². The minimum absolute atomic E-state index is 0.141. The van der Waals surface area contributed by atoms with Crippen LogP contribution in [0.4, 0.5) is 21.9 Å². The SMILES string of the molecule is O=C(Nc1cccc(N2CCCS2(=O)=O)c1)Nc1ccc(Cl)c(Cl)c1. The molecule has 1 heterocycles. The Morgan fingerprint density at radius 1 is 1.00 bits per heavy atom. The summed E-state index contributed by atoms with van der Waals surface area (Å²) in [6, 6.07) is 11.0. The fraction of sp³-hybridized carbons (Fsp3) is 0.188. The number of amides is 2. The van der Waals surface area contributed by atoms with Crippen molar-refractivity contribution in [1.82, 2.24) is 0 Å². The van der Waals surface area contributed by atoms with Crippen LogP contribution in [0.2, 0.25) is 10.0 Å². The number of urea groups is 1. The van der Waals surface area contributed by atoms with Crippen LogP contribution in [-0.4, -0.2) is 26.7 Å². The molecule has 0 radical (unpaired) electrons. The Bertz CT molecular complexity index is 919. The Morgan fingerprint density at radius 3 is 2.36 bits per heavy atom. The third-order valence-electron chi connectivity index (χ3n) is 3.67. The first-order chi connectivity index (χ1) is 11.8. The fourth-order valence-corrected chi connectivity index (χ4v) is 4.39. The lowest BCUT2D eigenvalue weighted by molar-refractivity contribution is 0.262. The molecule has 1 aliphatic heterocycles. The molecule has 0 aromatic heterocycles. The van der Waals surface area contributed by atoms with Crippen LogP contribution >= 0.6 is 23.2 Å². The molecule has 132 valence electrons. The number of nitrogens with zero attached hydrogens (tertiary/aromatic N) is 1. The van der Waals surface area contributed by atoms with Crippen molar-refractivity contribution in [2.45, 2.75) is 6.42 Å². The number of nitrogens with one attached hydrogen (secondary N) is 2. The smallest absolute Gasteiger partial charge is 0.308 e. The van der Waals surface area contributed by atoms with Crippen molar-refractivity contribution in [1.29, 1.82) is 0 Å². The van der Waals surface area contributed by atoms with E-state index >= 15 is 0 Å². The van der Waals surface area contributed by atoms with Gasteiger partial charge >= 0.3 is 6.03 Å². The van der Waals surface area contributed by atoms with Gasteiger partial charge in [-0.2, -0.15) is 0 Å². The van der Waals surface area contributed by atoms with Gasteiger partial charge < -0.3 is 10.6 Å². The lowest BCUT2D eigenvalue weighted by atomic mass is 10.2. The van der Waals surface area contributed by atoms with Crippen molar-refractivity contribution in [3.63, 3.8) is 0 Å². The Balaban J connectivity index is 1.71. The van der Waals surface area contributed by atoms with Crippen molar-refractivity contribution in [2.75, 3.05) is 27.2 Å². The Kier molecular flexibility index (Phi) is 5.08. The molecule has 2 N–H and O–H groups in total. The summed E-state index contributed by atoms with van der Waals surface area (Å²) in [7, 11) is -3.26. The predicted molar refractivity (Wildman–Crippen MR) is 101 cm³/mol. The van der Waals surface area contributed by atoms with Crippen LogP contribution in [0.3, 0.4) is 0 Å². The maximum absolute atomic E-state index is 12.1. The Hall–Kier alpha value is -1.96. The summed E-state index contributed by atoms with van der Waals surface area (Å²) in [5.74, 6) is 0.141. The minimum atomic E-state index is -3.26. The molecule has 9 heteroatoms. The van der Waals surface area contributed by atoms with Gasteiger partial charge in [0.1, 0.15) is 0 Å². The van der Waals surface area contributed by atoms with Gasteiger partial charge in [-0.25, -0.2) is 13.2 Å². The molecule has 25 heavy (non-hydrogen) atoms. The third-order valence-corrected chi connectivity index (χ3v) is 6.28. The van der Waals surface area contributed by atoms with E-state index in [2.05, 4.69) is 10.6 Å². The number of benzene rings is 2. The molecule has 1 saturated heterocycles. The van der Waals surface area contributed by atoms with E-state index in [4.69, 9.17) is 23.2 Å². The standard InChI is InChI=1S/C16H15Cl2N3O3S/c17-14-6-5-12(10-15(14)18)20-16(22)19-11-3-1-4-13(9-11)21-7-2-8-25(21,23)24/h1,3-6,9-10H,2,7-8H2,(H2,19,20,22). The number of anilines is 3. The van der Waals surface area contributed by atoms with E-state index in [-0.39, 0.29) is 5.75 Å². The number of hydrogen-bond acceptors (Lipinski definition) is 3. The van der Waals surface area contributed by atoms with Crippen molar-refractivity contribution < 1.29 is 13.2 Å². The van der Waals surface area contributed by atoms with Crippen molar-refractivity contribution >= 4 is 56.3 Å². The van der Waals surface area contributed by atoms with E-state index in [1.807, 2.05) is 0 Å². The molecule has 1 fully saturated rings. The van der Waals surface area contributed by atoms with Crippen LogP contribution in [0.5, 0.6) is 0 Å². The van der Waals surface area contributed by atoms with E-state index < -0.39 is 16.1 Å². The maximum atomic E-state index is 12.1. The molecule has 0 spiro atoms. The van der Waals surface area contributed by atoms with Gasteiger partial charge in [-0.3, -0.25) is 4.31 Å². The number of sulfonamides is 1. The number of carbonyl (C=O) groups is 1. The molecule has 3 rings (SSSR count). The summed E-state index contributed by atoms with van der Waals surface area (Å²) in [5.41, 5.74) is 1.51. The summed E-state index contributed by atoms with van der Waals surface area (Å²) in [6.45, 7) is 0.446. The first kappa shape index (κ1) is 17.8. The van der Waals surface area contributed by atoms with Crippen molar-refractivity contribution in [3.8, 4) is 0 Å². The Labute approximate surface area is 155 Å². The highest BCUT2D eigenvalue weighted by Crippen LogP contribution is 2.27. The van der Waals surface area contributed by atoms with Gasteiger partial charge in [0.05, 0.1) is 21.5 Å². The molecule has 2 amide bonds. The first-order valence-electron chi connectivity index (χ1n) is 7.49. The summed E-state index contributed by atoms with van der Waals surface area (Å²) in [5, 5.41) is 6.04. The van der Waals surface area contributed by atoms with Gasteiger partial charge in [-0.05, 0) is 42.8 Å². The average molecular weight is 400 g/mol. The maximum Gasteiger partial charge on any atom is 0.323 e. The molecule has 6 nitrogen and oxygen atoms in total. The number of carbonyl (C=O) groups excluding carboxylic acids is 1. The van der Waals surface area contributed by atoms with Gasteiger partial charge in [-0.15, -0.1) is 0 Å². The predicted octanol–water partition coefficient (Wildman–Crippen LogP) is 4.18. The molecule has 1 aliphatic rings. The second-order valence-electron chi connectivity index (χ2n) is 5.50. The van der Waals surface area contributed by atoms with E-state index in [0.29, 0.717) is 40.1 Å². The zero-order valence-electron chi connectivity index (χ0n) is 13.0. The van der Waals surface area contributed by atoms with E-state index in [1.165, 1.54) is 10.4 Å². The number of halogens is 2. The molecule has 0 aliphatic carbocycles. The summed E-state index contributed by atoms with van der Waals surface area (Å²) < 4.78 is 25.4. The topological polar surface area (TPSA) is 78.5 Å². The minimum Gasteiger partial charge on any atom is -0.308 e. The number of hydrogen-bond donors (Lipinski definition) is 2. The number of rotatable bonds is 3. The molecule has 0 bridgehead atoms. The van der Waals surface area contributed by atoms with Crippen LogP contribution in [-0.2, 0) is 10.0 Å². The molecule has 0 unspecified atom stereocenters. The van der Waals surface area contributed by atoms with Gasteiger partial charge in [-0.1, -0.05) is 29.3 Å². The second kappa shape index (κ2) is 7.11. The zero-order chi connectivity index (χ0) is 18.0. The summed E-state index contributed by atoms with van der Waals surface area (Å²) in [4.78, 5) is 12.1. The van der Waals surface area contributed by atoms with E-state index in [9.17, 15) is 13.2 Å². The average Bonchev–Trinajstić information content (AvgIpc) is 2.90. The molecule has 0 saturated carbocycles. The van der Waals surface area contributed by atoms with Crippen LogP contribution in [0, 0.1) is 0 Å². The van der Waals surface area contributed by atoms with Crippen LogP contribution in [0.15, 0.2) is 42.5 Å². The highest BCUT2D eigenvalue weighted by molar-refractivity contribution is 7.93. The van der Waals surface area contributed by atoms with E-state index in [0.717, 1.165) is 0 Å². The van der Waals surface area contributed by atoms with Crippen LogP contribution < -0.4 is 14.9 Å². The highest BCUT2D eigenvalue weighted by atomic mass is 35.5. The van der Waals surface area contributed by atoms with Crippen LogP contribution in [0.1, 0.15) is 6.42 Å². The van der Waals surface area contributed by atoms with Crippen molar-refractivity contribution in [2.24, 2.45) is 0 Å². The molecule has 2 aromatic carbocycles. The Morgan fingerprint density at radius 2 is 1.72 bits per heavy atom. The fourth-order valence-electron chi connectivity index (χ4n) is 2.54. The molecular weight excluding hydrogens is 385 g/mol.